The average Bonchev–Trinajstić information content (AvgIpc) is 1.87. The quantitative estimate of drug-likeness (QED) is 0.368. The van der Waals surface area contributed by atoms with Crippen LogP contribution in [-0.2, 0) is 14.3 Å². The Morgan fingerprint density at radius 3 is 2.18 bits per heavy atom. The summed E-state index contributed by atoms with van der Waals surface area (Å²) in [5.74, 6) is -1.47. The minimum absolute atomic E-state index is 0. The third-order valence-electron chi connectivity index (χ3n) is 0.708. The summed E-state index contributed by atoms with van der Waals surface area (Å²) in [6.07, 6.45) is 0.918. The fourth-order valence-electron chi connectivity index (χ4n) is 0.220. The van der Waals surface area contributed by atoms with Crippen LogP contribution in [0, 0.1) is 0 Å². The molecule has 0 aliphatic heterocycles. The molecule has 4 nitrogen and oxygen atoms in total. The van der Waals surface area contributed by atoms with Gasteiger partial charge in [-0.3, -0.25) is 0 Å². The van der Waals surface area contributed by atoms with Crippen LogP contribution in [0.5, 0.6) is 0 Å². The molecule has 0 saturated heterocycles. The summed E-state index contributed by atoms with van der Waals surface area (Å²) in [4.78, 5) is 20.8. The molecular formula is C7H11NO3. The Kier molecular flexibility index (Phi) is 5.99. The van der Waals surface area contributed by atoms with E-state index < -0.39 is 11.9 Å². The topological polar surface area (TPSA) is 78.4 Å². The highest BCUT2D eigenvalue weighted by molar-refractivity contribution is 5.98. The molecule has 0 unspecified atom stereocenters. The Balaban J connectivity index is 0. The highest BCUT2D eigenvalue weighted by atomic mass is 16.6. The molecule has 0 radical (unpaired) electrons. The molecule has 0 atom stereocenters. The SMILES string of the molecule is C=CC(=O)OC(=O)C(=C)C.N. The van der Waals surface area contributed by atoms with Gasteiger partial charge in [0.05, 0.1) is 0 Å². The Hall–Kier alpha value is -1.42. The van der Waals surface area contributed by atoms with Gasteiger partial charge in [0.25, 0.3) is 0 Å². The van der Waals surface area contributed by atoms with Crippen molar-refractivity contribution in [2.75, 3.05) is 0 Å². The van der Waals surface area contributed by atoms with Crippen molar-refractivity contribution in [2.24, 2.45) is 0 Å². The summed E-state index contributed by atoms with van der Waals surface area (Å²) in [5, 5.41) is 0. The zero-order chi connectivity index (χ0) is 8.15. The van der Waals surface area contributed by atoms with E-state index in [-0.39, 0.29) is 11.7 Å². The fraction of sp³-hybridized carbons (Fsp3) is 0.143. The predicted molar refractivity (Wildman–Crippen MR) is 41.1 cm³/mol. The van der Waals surface area contributed by atoms with Gasteiger partial charge in [0.2, 0.25) is 0 Å². The first-order valence-electron chi connectivity index (χ1n) is 2.62. The van der Waals surface area contributed by atoms with Gasteiger partial charge in [-0.15, -0.1) is 0 Å². The van der Waals surface area contributed by atoms with Gasteiger partial charge in [0.1, 0.15) is 0 Å². The second-order valence-corrected chi connectivity index (χ2v) is 1.69. The van der Waals surface area contributed by atoms with E-state index in [1.165, 1.54) is 6.92 Å². The molecule has 11 heavy (non-hydrogen) atoms. The summed E-state index contributed by atoms with van der Waals surface area (Å²) in [7, 11) is 0. The maximum absolute atomic E-state index is 10.5. The van der Waals surface area contributed by atoms with Crippen LogP contribution in [0.25, 0.3) is 0 Å². The van der Waals surface area contributed by atoms with Crippen molar-refractivity contribution >= 4 is 11.9 Å². The van der Waals surface area contributed by atoms with Crippen LogP contribution < -0.4 is 6.15 Å². The van der Waals surface area contributed by atoms with Gasteiger partial charge in [0, 0.05) is 11.6 Å². The van der Waals surface area contributed by atoms with Crippen LogP contribution >= 0.6 is 0 Å². The van der Waals surface area contributed by atoms with Crippen molar-refractivity contribution in [1.29, 1.82) is 0 Å². The van der Waals surface area contributed by atoms with Crippen molar-refractivity contribution in [3.8, 4) is 0 Å². The lowest BCUT2D eigenvalue weighted by Crippen LogP contribution is -2.09. The third-order valence-corrected chi connectivity index (χ3v) is 0.708. The van der Waals surface area contributed by atoms with Gasteiger partial charge in [-0.05, 0) is 6.92 Å². The molecule has 4 heteroatoms. The van der Waals surface area contributed by atoms with Crippen LogP contribution in [0.1, 0.15) is 6.92 Å². The number of esters is 2. The molecule has 0 bridgehead atoms. The molecule has 0 rings (SSSR count). The number of carbonyl (C=O) groups is 2. The molecule has 0 aliphatic rings. The maximum atomic E-state index is 10.5. The van der Waals surface area contributed by atoms with Gasteiger partial charge < -0.3 is 10.9 Å². The van der Waals surface area contributed by atoms with E-state index in [0.29, 0.717) is 0 Å². The lowest BCUT2D eigenvalue weighted by atomic mass is 10.4. The smallest absolute Gasteiger partial charge is 0.340 e. The lowest BCUT2D eigenvalue weighted by Gasteiger charge is -1.95. The second-order valence-electron chi connectivity index (χ2n) is 1.69. The van der Waals surface area contributed by atoms with Crippen LogP contribution in [0.4, 0.5) is 0 Å². The van der Waals surface area contributed by atoms with Gasteiger partial charge in [-0.1, -0.05) is 13.2 Å². The van der Waals surface area contributed by atoms with Gasteiger partial charge in [0.15, 0.2) is 0 Å². The van der Waals surface area contributed by atoms with Crippen LogP contribution in [0.2, 0.25) is 0 Å². The van der Waals surface area contributed by atoms with Crippen molar-refractivity contribution in [1.82, 2.24) is 6.15 Å². The van der Waals surface area contributed by atoms with Crippen molar-refractivity contribution in [3.05, 3.63) is 24.8 Å². The summed E-state index contributed by atoms with van der Waals surface area (Å²) in [6.45, 7) is 7.85. The zero-order valence-corrected chi connectivity index (χ0v) is 6.42. The number of ether oxygens (including phenoxy) is 1. The normalized spacial score (nSPS) is 7.36. The number of hydrogen-bond donors (Lipinski definition) is 1. The largest absolute Gasteiger partial charge is 0.386 e. The Bertz CT molecular complexity index is 196. The Morgan fingerprint density at radius 1 is 1.45 bits per heavy atom. The van der Waals surface area contributed by atoms with Crippen LogP contribution in [0.3, 0.4) is 0 Å². The fourth-order valence-corrected chi connectivity index (χ4v) is 0.220. The monoisotopic (exact) mass is 157 g/mol. The highest BCUT2D eigenvalue weighted by Gasteiger charge is 2.06. The van der Waals surface area contributed by atoms with E-state index >= 15 is 0 Å². The van der Waals surface area contributed by atoms with Crippen molar-refractivity contribution in [2.45, 2.75) is 6.92 Å². The van der Waals surface area contributed by atoms with E-state index in [1.54, 1.807) is 0 Å². The average molecular weight is 157 g/mol. The first-order chi connectivity index (χ1) is 4.57. The zero-order valence-electron chi connectivity index (χ0n) is 6.42. The molecule has 0 aromatic carbocycles. The second kappa shape index (κ2) is 5.37. The van der Waals surface area contributed by atoms with Gasteiger partial charge in [-0.2, -0.15) is 0 Å². The van der Waals surface area contributed by atoms with Crippen LogP contribution in [0.15, 0.2) is 24.8 Å². The van der Waals surface area contributed by atoms with E-state index in [9.17, 15) is 9.59 Å². The first kappa shape index (κ1) is 12.3. The number of hydrogen-bond acceptors (Lipinski definition) is 4. The maximum Gasteiger partial charge on any atom is 0.340 e. The van der Waals surface area contributed by atoms with Gasteiger partial charge in [-0.25, -0.2) is 9.59 Å². The molecule has 0 aromatic rings. The Morgan fingerprint density at radius 2 is 1.91 bits per heavy atom. The predicted octanol–water partition coefficient (Wildman–Crippen LogP) is 0.980. The third kappa shape index (κ3) is 5.05. The molecule has 0 spiro atoms. The van der Waals surface area contributed by atoms with Crippen LogP contribution in [-0.4, -0.2) is 11.9 Å². The molecule has 62 valence electrons. The van der Waals surface area contributed by atoms with E-state index in [2.05, 4.69) is 17.9 Å². The molecule has 0 aliphatic carbocycles. The van der Waals surface area contributed by atoms with E-state index in [0.717, 1.165) is 6.08 Å². The Labute approximate surface area is 65.1 Å². The summed E-state index contributed by atoms with van der Waals surface area (Å²) in [6, 6.07) is 0. The molecule has 0 fully saturated rings. The molecular weight excluding hydrogens is 146 g/mol. The van der Waals surface area contributed by atoms with Crippen molar-refractivity contribution in [3.63, 3.8) is 0 Å². The number of rotatable bonds is 2. The molecule has 3 N–H and O–H groups in total. The molecule has 0 heterocycles. The minimum Gasteiger partial charge on any atom is -0.386 e. The number of carbonyl (C=O) groups excluding carboxylic acids is 2. The standard InChI is InChI=1S/C7H8O3.H3N/c1-4-6(8)10-7(9)5(2)3;/h4H,1-2H2,3H3;1H3. The summed E-state index contributed by atoms with van der Waals surface area (Å²) in [5.41, 5.74) is 0.190. The molecule has 0 saturated carbocycles. The molecule has 0 amide bonds. The van der Waals surface area contributed by atoms with Gasteiger partial charge >= 0.3 is 11.9 Å². The van der Waals surface area contributed by atoms with Crippen molar-refractivity contribution < 1.29 is 14.3 Å². The minimum atomic E-state index is -0.756. The highest BCUT2D eigenvalue weighted by Crippen LogP contribution is 1.92. The summed E-state index contributed by atoms with van der Waals surface area (Å²) >= 11 is 0. The van der Waals surface area contributed by atoms with E-state index in [1.807, 2.05) is 0 Å². The lowest BCUT2D eigenvalue weighted by molar-refractivity contribution is -0.153. The summed E-state index contributed by atoms with van der Waals surface area (Å²) < 4.78 is 4.17. The molecule has 0 aromatic heterocycles. The first-order valence-corrected chi connectivity index (χ1v) is 2.62. The van der Waals surface area contributed by atoms with E-state index in [4.69, 9.17) is 0 Å².